The number of benzene rings is 2. The Morgan fingerprint density at radius 2 is 1.48 bits per heavy atom. The highest BCUT2D eigenvalue weighted by Gasteiger charge is 2.25. The van der Waals surface area contributed by atoms with E-state index in [1.54, 1.807) is 6.07 Å². The number of aromatic nitrogens is 1. The van der Waals surface area contributed by atoms with Gasteiger partial charge in [0.1, 0.15) is 5.82 Å². The summed E-state index contributed by atoms with van der Waals surface area (Å²) in [5.74, 6) is 0.702. The Morgan fingerprint density at radius 3 is 2.10 bits per heavy atom. The Hall–Kier alpha value is -3.74. The first-order valence-corrected chi connectivity index (χ1v) is 9.43. The Morgan fingerprint density at radius 1 is 0.862 bits per heavy atom. The molecule has 2 aromatic carbocycles. The lowest BCUT2D eigenvalue weighted by Crippen LogP contribution is -2.49. The van der Waals surface area contributed by atoms with Crippen LogP contribution in [0, 0.1) is 10.1 Å². The van der Waals surface area contributed by atoms with Crippen molar-refractivity contribution in [3.05, 3.63) is 88.5 Å². The third-order valence-electron chi connectivity index (χ3n) is 5.01. The fraction of sp³-hybridized carbons (Fsp3) is 0.182. The van der Waals surface area contributed by atoms with Gasteiger partial charge in [-0.25, -0.2) is 4.98 Å². The van der Waals surface area contributed by atoms with Crippen molar-refractivity contribution in [1.82, 2.24) is 9.88 Å². The van der Waals surface area contributed by atoms with Gasteiger partial charge in [-0.3, -0.25) is 14.9 Å². The van der Waals surface area contributed by atoms with Gasteiger partial charge in [-0.1, -0.05) is 48.5 Å². The third kappa shape index (κ3) is 3.94. The highest BCUT2D eigenvalue weighted by molar-refractivity contribution is 5.94. The average molecular weight is 388 g/mol. The quantitative estimate of drug-likeness (QED) is 0.504. The van der Waals surface area contributed by atoms with Crippen molar-refractivity contribution in [2.24, 2.45) is 0 Å². The monoisotopic (exact) mass is 388 g/mol. The molecule has 0 atom stereocenters. The van der Waals surface area contributed by atoms with Crippen molar-refractivity contribution in [3.8, 4) is 11.3 Å². The molecule has 1 saturated heterocycles. The minimum atomic E-state index is -0.407. The largest absolute Gasteiger partial charge is 0.353 e. The number of hydrogen-bond acceptors (Lipinski definition) is 5. The van der Waals surface area contributed by atoms with Gasteiger partial charge >= 0.3 is 0 Å². The molecule has 0 aliphatic carbocycles. The van der Waals surface area contributed by atoms with Crippen LogP contribution in [-0.2, 0) is 0 Å². The maximum atomic E-state index is 12.6. The molecule has 7 nitrogen and oxygen atoms in total. The van der Waals surface area contributed by atoms with Crippen LogP contribution in [0.2, 0.25) is 0 Å². The van der Waals surface area contributed by atoms with Crippen LogP contribution in [0.4, 0.5) is 11.5 Å². The summed E-state index contributed by atoms with van der Waals surface area (Å²) in [6.07, 6.45) is 0. The van der Waals surface area contributed by atoms with Crippen molar-refractivity contribution in [2.45, 2.75) is 0 Å². The van der Waals surface area contributed by atoms with Gasteiger partial charge in [0.2, 0.25) is 0 Å². The van der Waals surface area contributed by atoms with Crippen molar-refractivity contribution < 1.29 is 9.72 Å². The molecule has 4 rings (SSSR count). The SMILES string of the molecule is O=C(c1ccccc1)N1CCN(c2ccc([N+](=O)[O-])c(-c3ccccc3)n2)CC1. The number of carbonyl (C=O) groups is 1. The molecule has 1 aliphatic rings. The Labute approximate surface area is 168 Å². The maximum absolute atomic E-state index is 12.6. The van der Waals surface area contributed by atoms with E-state index in [1.165, 1.54) is 6.07 Å². The number of nitro groups is 1. The normalized spacial score (nSPS) is 13.9. The van der Waals surface area contributed by atoms with Gasteiger partial charge < -0.3 is 9.80 Å². The summed E-state index contributed by atoms with van der Waals surface area (Å²) >= 11 is 0. The first-order valence-electron chi connectivity index (χ1n) is 9.43. The van der Waals surface area contributed by atoms with Crippen molar-refractivity contribution in [1.29, 1.82) is 0 Å². The van der Waals surface area contributed by atoms with E-state index in [0.717, 1.165) is 0 Å². The number of carbonyl (C=O) groups excluding carboxylic acids is 1. The predicted molar refractivity (Wildman–Crippen MR) is 111 cm³/mol. The van der Waals surface area contributed by atoms with Crippen LogP contribution in [0.25, 0.3) is 11.3 Å². The molecule has 0 N–H and O–H groups in total. The molecule has 0 radical (unpaired) electrons. The second kappa shape index (κ2) is 8.10. The molecule has 1 fully saturated rings. The molecule has 1 aliphatic heterocycles. The average Bonchev–Trinajstić information content (AvgIpc) is 2.79. The Bertz CT molecular complexity index is 1020. The van der Waals surface area contributed by atoms with Crippen molar-refractivity contribution in [3.63, 3.8) is 0 Å². The third-order valence-corrected chi connectivity index (χ3v) is 5.01. The topological polar surface area (TPSA) is 79.6 Å². The molecule has 0 spiro atoms. The van der Waals surface area contributed by atoms with E-state index in [4.69, 9.17) is 0 Å². The number of piperazine rings is 1. The molecule has 3 aromatic rings. The van der Waals surface area contributed by atoms with Crippen LogP contribution < -0.4 is 4.90 Å². The first kappa shape index (κ1) is 18.6. The van der Waals surface area contributed by atoms with E-state index < -0.39 is 4.92 Å². The lowest BCUT2D eigenvalue weighted by Gasteiger charge is -2.35. The maximum Gasteiger partial charge on any atom is 0.295 e. The predicted octanol–water partition coefficient (Wildman–Crippen LogP) is 3.62. The van der Waals surface area contributed by atoms with Gasteiger partial charge in [0.05, 0.1) is 4.92 Å². The highest BCUT2D eigenvalue weighted by Crippen LogP contribution is 2.30. The highest BCUT2D eigenvalue weighted by atomic mass is 16.6. The molecular formula is C22H20N4O3. The lowest BCUT2D eigenvalue weighted by molar-refractivity contribution is -0.384. The smallest absolute Gasteiger partial charge is 0.295 e. The van der Waals surface area contributed by atoms with E-state index in [0.29, 0.717) is 48.8 Å². The molecule has 7 heteroatoms. The molecule has 0 bridgehead atoms. The molecular weight excluding hydrogens is 368 g/mol. The summed E-state index contributed by atoms with van der Waals surface area (Å²) < 4.78 is 0. The number of rotatable bonds is 4. The second-order valence-electron chi connectivity index (χ2n) is 6.81. The summed E-state index contributed by atoms with van der Waals surface area (Å²) in [5, 5.41) is 11.4. The Kier molecular flexibility index (Phi) is 5.20. The summed E-state index contributed by atoms with van der Waals surface area (Å²) in [6, 6.07) is 21.6. The minimum absolute atomic E-state index is 0.0159. The van der Waals surface area contributed by atoms with E-state index in [-0.39, 0.29) is 11.6 Å². The molecule has 0 unspecified atom stereocenters. The molecule has 2 heterocycles. The molecule has 29 heavy (non-hydrogen) atoms. The first-order chi connectivity index (χ1) is 14.1. The molecule has 0 saturated carbocycles. The van der Waals surface area contributed by atoms with E-state index >= 15 is 0 Å². The number of amides is 1. The fourth-order valence-corrected chi connectivity index (χ4v) is 3.48. The van der Waals surface area contributed by atoms with Gasteiger partial charge in [0.25, 0.3) is 11.6 Å². The number of pyridine rings is 1. The van der Waals surface area contributed by atoms with E-state index in [2.05, 4.69) is 9.88 Å². The van der Waals surface area contributed by atoms with E-state index in [1.807, 2.05) is 65.6 Å². The molecule has 1 amide bonds. The second-order valence-corrected chi connectivity index (χ2v) is 6.81. The van der Waals surface area contributed by atoms with Crippen LogP contribution >= 0.6 is 0 Å². The number of nitrogens with zero attached hydrogens (tertiary/aromatic N) is 4. The minimum Gasteiger partial charge on any atom is -0.353 e. The zero-order chi connectivity index (χ0) is 20.2. The molecule has 1 aromatic heterocycles. The zero-order valence-electron chi connectivity index (χ0n) is 15.8. The van der Waals surface area contributed by atoms with Gasteiger partial charge in [-0.2, -0.15) is 0 Å². The Balaban J connectivity index is 1.53. The van der Waals surface area contributed by atoms with Crippen LogP contribution in [0.5, 0.6) is 0 Å². The van der Waals surface area contributed by atoms with Gasteiger partial charge in [-0.15, -0.1) is 0 Å². The number of hydrogen-bond donors (Lipinski definition) is 0. The van der Waals surface area contributed by atoms with E-state index in [9.17, 15) is 14.9 Å². The van der Waals surface area contributed by atoms with Crippen molar-refractivity contribution in [2.75, 3.05) is 31.1 Å². The van der Waals surface area contributed by atoms with Gasteiger partial charge in [0, 0.05) is 43.4 Å². The summed E-state index contributed by atoms with van der Waals surface area (Å²) in [6.45, 7) is 2.40. The van der Waals surface area contributed by atoms with Crippen LogP contribution in [0.1, 0.15) is 10.4 Å². The summed E-state index contributed by atoms with van der Waals surface area (Å²) in [7, 11) is 0. The molecule has 146 valence electrons. The van der Waals surface area contributed by atoms with Crippen LogP contribution in [0.15, 0.2) is 72.8 Å². The summed E-state index contributed by atoms with van der Waals surface area (Å²) in [4.78, 5) is 32.1. The van der Waals surface area contributed by atoms with Gasteiger partial charge in [0.15, 0.2) is 5.69 Å². The van der Waals surface area contributed by atoms with Crippen LogP contribution in [-0.4, -0.2) is 46.9 Å². The zero-order valence-corrected chi connectivity index (χ0v) is 15.8. The lowest BCUT2D eigenvalue weighted by atomic mass is 10.1. The fourth-order valence-electron chi connectivity index (χ4n) is 3.48. The van der Waals surface area contributed by atoms with Crippen LogP contribution in [0.3, 0.4) is 0 Å². The number of anilines is 1. The van der Waals surface area contributed by atoms with Crippen molar-refractivity contribution >= 4 is 17.4 Å². The standard InChI is InChI=1S/C22H20N4O3/c27-22(18-9-5-2-6-10-18)25-15-13-24(14-16-25)20-12-11-19(26(28)29)21(23-20)17-7-3-1-4-8-17/h1-12H,13-16H2. The summed E-state index contributed by atoms with van der Waals surface area (Å²) in [5.41, 5.74) is 1.73. The van der Waals surface area contributed by atoms with Gasteiger partial charge in [-0.05, 0) is 18.2 Å².